The van der Waals surface area contributed by atoms with E-state index in [1.165, 1.54) is 5.56 Å². The summed E-state index contributed by atoms with van der Waals surface area (Å²) in [5, 5.41) is 12.4. The predicted molar refractivity (Wildman–Crippen MR) is 109 cm³/mol. The van der Waals surface area contributed by atoms with Crippen LogP contribution in [0.2, 0.25) is 0 Å². The Morgan fingerprint density at radius 2 is 2.04 bits per heavy atom. The first-order valence-corrected chi connectivity index (χ1v) is 9.30. The molecular formula is C22H26N4O. The third-order valence-electron chi connectivity index (χ3n) is 5.12. The highest BCUT2D eigenvalue weighted by atomic mass is 16.2. The molecule has 0 saturated carbocycles. The topological polar surface area (TPSA) is 59.4 Å². The van der Waals surface area contributed by atoms with Crippen molar-refractivity contribution in [2.45, 2.75) is 19.8 Å². The van der Waals surface area contributed by atoms with E-state index in [0.29, 0.717) is 17.2 Å². The van der Waals surface area contributed by atoms with E-state index >= 15 is 0 Å². The maximum absolute atomic E-state index is 12.7. The Balaban J connectivity index is 1.66. The average molecular weight is 362 g/mol. The number of carbonyl (C=O) groups excluding carboxylic acids is 1. The van der Waals surface area contributed by atoms with Crippen molar-refractivity contribution in [2.75, 3.05) is 37.4 Å². The Bertz CT molecular complexity index is 855. The van der Waals surface area contributed by atoms with E-state index in [0.717, 1.165) is 37.2 Å². The number of anilines is 2. The molecule has 2 aromatic carbocycles. The minimum atomic E-state index is -0.126. The molecule has 1 aliphatic heterocycles. The second kappa shape index (κ2) is 8.13. The zero-order chi connectivity index (χ0) is 19.4. The van der Waals surface area contributed by atoms with Gasteiger partial charge in [0.15, 0.2) is 0 Å². The van der Waals surface area contributed by atoms with Gasteiger partial charge >= 0.3 is 6.03 Å². The molecule has 0 aromatic heterocycles. The Labute approximate surface area is 161 Å². The number of nitrogens with one attached hydrogen (secondary N) is 1. The van der Waals surface area contributed by atoms with Gasteiger partial charge in [-0.2, -0.15) is 5.26 Å². The van der Waals surface area contributed by atoms with Gasteiger partial charge < -0.3 is 15.1 Å². The minimum absolute atomic E-state index is 0.126. The molecule has 0 radical (unpaired) electrons. The van der Waals surface area contributed by atoms with Gasteiger partial charge in [0, 0.05) is 32.9 Å². The van der Waals surface area contributed by atoms with E-state index in [4.69, 9.17) is 0 Å². The zero-order valence-electron chi connectivity index (χ0n) is 16.2. The van der Waals surface area contributed by atoms with Crippen LogP contribution in [0.1, 0.15) is 23.1 Å². The number of benzene rings is 2. The lowest BCUT2D eigenvalue weighted by atomic mass is 9.99. The number of amides is 2. The number of likely N-dealkylation sites (tertiary alicyclic amines) is 1. The summed E-state index contributed by atoms with van der Waals surface area (Å²) in [7, 11) is 3.89. The summed E-state index contributed by atoms with van der Waals surface area (Å²) in [4.78, 5) is 16.5. The quantitative estimate of drug-likeness (QED) is 0.893. The molecule has 5 nitrogen and oxygen atoms in total. The molecule has 1 saturated heterocycles. The third-order valence-corrected chi connectivity index (χ3v) is 5.12. The predicted octanol–water partition coefficient (Wildman–Crippen LogP) is 4.03. The summed E-state index contributed by atoms with van der Waals surface area (Å²) in [6.07, 6.45) is 2.00. The molecule has 0 spiro atoms. The van der Waals surface area contributed by atoms with Crippen LogP contribution in [0.5, 0.6) is 0 Å². The Morgan fingerprint density at radius 1 is 1.30 bits per heavy atom. The number of hydrogen-bond acceptors (Lipinski definition) is 3. The van der Waals surface area contributed by atoms with Crippen LogP contribution in [0.25, 0.3) is 0 Å². The molecule has 2 amide bonds. The van der Waals surface area contributed by atoms with E-state index in [1.54, 1.807) is 0 Å². The number of urea groups is 1. The van der Waals surface area contributed by atoms with Gasteiger partial charge in [-0.3, -0.25) is 0 Å². The van der Waals surface area contributed by atoms with Gasteiger partial charge in [-0.05, 0) is 48.9 Å². The second-order valence-electron chi connectivity index (χ2n) is 7.41. The third kappa shape index (κ3) is 4.40. The van der Waals surface area contributed by atoms with Crippen molar-refractivity contribution < 1.29 is 4.79 Å². The van der Waals surface area contributed by atoms with Crippen LogP contribution in [0.4, 0.5) is 16.2 Å². The van der Waals surface area contributed by atoms with Crippen LogP contribution in [-0.2, 0) is 6.42 Å². The first kappa shape index (κ1) is 18.8. The highest BCUT2D eigenvalue weighted by Gasteiger charge is 2.27. The standard InChI is InChI=1S/C22H26N4O/c1-16-11-20(19(14-23)13-21(16)25(2)3)24-22(27)26-10-9-18(15-26)12-17-7-5-4-6-8-17/h4-8,11,13,18H,9-10,12,15H2,1-3H3,(H,24,27). The maximum atomic E-state index is 12.7. The molecule has 1 fully saturated rings. The van der Waals surface area contributed by atoms with Gasteiger partial charge in [0.05, 0.1) is 11.3 Å². The van der Waals surface area contributed by atoms with Crippen LogP contribution in [0.3, 0.4) is 0 Å². The van der Waals surface area contributed by atoms with Crippen LogP contribution in [0.15, 0.2) is 42.5 Å². The smallest absolute Gasteiger partial charge is 0.321 e. The molecule has 0 bridgehead atoms. The monoisotopic (exact) mass is 362 g/mol. The number of hydrogen-bond donors (Lipinski definition) is 1. The summed E-state index contributed by atoms with van der Waals surface area (Å²) in [6, 6.07) is 16.2. The van der Waals surface area contributed by atoms with Crippen LogP contribution in [0, 0.1) is 24.2 Å². The summed E-state index contributed by atoms with van der Waals surface area (Å²) < 4.78 is 0. The fraction of sp³-hybridized carbons (Fsp3) is 0.364. The number of nitriles is 1. The van der Waals surface area contributed by atoms with Crippen LogP contribution < -0.4 is 10.2 Å². The van der Waals surface area contributed by atoms with Crippen molar-refractivity contribution in [2.24, 2.45) is 5.92 Å². The van der Waals surface area contributed by atoms with Crippen molar-refractivity contribution >= 4 is 17.4 Å². The van der Waals surface area contributed by atoms with Crippen molar-refractivity contribution in [3.63, 3.8) is 0 Å². The average Bonchev–Trinajstić information content (AvgIpc) is 3.11. The van der Waals surface area contributed by atoms with Gasteiger partial charge in [0.1, 0.15) is 6.07 Å². The van der Waals surface area contributed by atoms with E-state index in [9.17, 15) is 10.1 Å². The first-order chi connectivity index (χ1) is 13.0. The number of aryl methyl sites for hydroxylation is 1. The molecular weight excluding hydrogens is 336 g/mol. The normalized spacial score (nSPS) is 16.1. The zero-order valence-corrected chi connectivity index (χ0v) is 16.2. The highest BCUT2D eigenvalue weighted by molar-refractivity contribution is 5.91. The lowest BCUT2D eigenvalue weighted by molar-refractivity contribution is 0.221. The number of rotatable bonds is 4. The van der Waals surface area contributed by atoms with Crippen molar-refractivity contribution in [1.82, 2.24) is 4.90 Å². The summed E-state index contributed by atoms with van der Waals surface area (Å²) in [5.41, 5.74) is 4.38. The molecule has 27 heavy (non-hydrogen) atoms. The Hall–Kier alpha value is -3.00. The van der Waals surface area contributed by atoms with Gasteiger partial charge in [-0.25, -0.2) is 4.79 Å². The summed E-state index contributed by atoms with van der Waals surface area (Å²) >= 11 is 0. The van der Waals surface area contributed by atoms with E-state index < -0.39 is 0 Å². The number of carbonyl (C=O) groups is 1. The van der Waals surface area contributed by atoms with Crippen LogP contribution >= 0.6 is 0 Å². The SMILES string of the molecule is Cc1cc(NC(=O)N2CCC(Cc3ccccc3)C2)c(C#N)cc1N(C)C. The Morgan fingerprint density at radius 3 is 2.70 bits per heavy atom. The summed E-state index contributed by atoms with van der Waals surface area (Å²) in [6.45, 7) is 3.48. The molecule has 3 rings (SSSR count). The first-order valence-electron chi connectivity index (χ1n) is 9.30. The van der Waals surface area contributed by atoms with Gasteiger partial charge in [0.25, 0.3) is 0 Å². The molecule has 140 valence electrons. The van der Waals surface area contributed by atoms with Gasteiger partial charge in [0.2, 0.25) is 0 Å². The number of nitrogens with zero attached hydrogens (tertiary/aromatic N) is 3. The minimum Gasteiger partial charge on any atom is -0.377 e. The molecule has 5 heteroatoms. The van der Waals surface area contributed by atoms with E-state index in [2.05, 4.69) is 35.7 Å². The van der Waals surface area contributed by atoms with Crippen LogP contribution in [-0.4, -0.2) is 38.1 Å². The maximum Gasteiger partial charge on any atom is 0.321 e. The molecule has 1 N–H and O–H groups in total. The fourth-order valence-electron chi connectivity index (χ4n) is 3.70. The van der Waals surface area contributed by atoms with E-state index in [-0.39, 0.29) is 6.03 Å². The summed E-state index contributed by atoms with van der Waals surface area (Å²) in [5.74, 6) is 0.478. The van der Waals surface area contributed by atoms with Gasteiger partial charge in [-0.15, -0.1) is 0 Å². The van der Waals surface area contributed by atoms with Gasteiger partial charge in [-0.1, -0.05) is 30.3 Å². The molecule has 0 aliphatic carbocycles. The molecule has 1 heterocycles. The van der Waals surface area contributed by atoms with E-state index in [1.807, 2.05) is 49.0 Å². The van der Waals surface area contributed by atoms with Crippen molar-refractivity contribution in [3.05, 3.63) is 59.2 Å². The Kier molecular flexibility index (Phi) is 5.66. The molecule has 1 aliphatic rings. The highest BCUT2D eigenvalue weighted by Crippen LogP contribution is 2.27. The molecule has 1 atom stereocenters. The fourth-order valence-corrected chi connectivity index (χ4v) is 3.70. The molecule has 1 unspecified atom stereocenters. The molecule has 2 aromatic rings. The second-order valence-corrected chi connectivity index (χ2v) is 7.41. The van der Waals surface area contributed by atoms with Crippen molar-refractivity contribution in [1.29, 1.82) is 5.26 Å². The lowest BCUT2D eigenvalue weighted by Gasteiger charge is -2.20. The lowest BCUT2D eigenvalue weighted by Crippen LogP contribution is -2.33. The largest absolute Gasteiger partial charge is 0.377 e. The van der Waals surface area contributed by atoms with Crippen molar-refractivity contribution in [3.8, 4) is 6.07 Å².